The third-order valence-corrected chi connectivity index (χ3v) is 3.57. The minimum Gasteiger partial charge on any atom is -0.492 e. The van der Waals surface area contributed by atoms with Crippen LogP contribution in [0.4, 0.5) is 0 Å². The Hall–Kier alpha value is -1.52. The molecule has 1 aromatic heterocycles. The van der Waals surface area contributed by atoms with Crippen molar-refractivity contribution in [3.63, 3.8) is 0 Å². The van der Waals surface area contributed by atoms with Crippen LogP contribution in [0.5, 0.6) is 5.75 Å². The molecule has 0 N–H and O–H groups in total. The van der Waals surface area contributed by atoms with E-state index in [1.807, 2.05) is 24.3 Å². The van der Waals surface area contributed by atoms with Crippen molar-refractivity contribution >= 4 is 23.2 Å². The zero-order chi connectivity index (χ0) is 14.5. The fourth-order valence-corrected chi connectivity index (χ4v) is 1.98. The first-order chi connectivity index (χ1) is 9.61. The first kappa shape index (κ1) is 14.9. The lowest BCUT2D eigenvalue weighted by molar-refractivity contribution is 0.287. The van der Waals surface area contributed by atoms with Crippen LogP contribution in [0.2, 0.25) is 10.0 Å². The number of aryl methyl sites for hydroxylation is 1. The summed E-state index contributed by atoms with van der Waals surface area (Å²) in [6.45, 7) is 2.72. The van der Waals surface area contributed by atoms with Gasteiger partial charge in [0.25, 0.3) is 5.56 Å². The van der Waals surface area contributed by atoms with Crippen molar-refractivity contribution in [2.75, 3.05) is 6.61 Å². The van der Waals surface area contributed by atoms with Gasteiger partial charge < -0.3 is 4.74 Å². The van der Waals surface area contributed by atoms with Crippen LogP contribution in [0, 0.1) is 0 Å². The van der Waals surface area contributed by atoms with Gasteiger partial charge in [-0.3, -0.25) is 4.79 Å². The van der Waals surface area contributed by atoms with Gasteiger partial charge in [-0.05, 0) is 24.1 Å². The number of hydrogen-bond acceptors (Lipinski definition) is 3. The van der Waals surface area contributed by atoms with Gasteiger partial charge in [0.15, 0.2) is 0 Å². The van der Waals surface area contributed by atoms with Gasteiger partial charge in [0.1, 0.15) is 17.4 Å². The largest absolute Gasteiger partial charge is 0.492 e. The molecule has 0 atom stereocenters. The van der Waals surface area contributed by atoms with Gasteiger partial charge in [0.2, 0.25) is 0 Å². The normalized spacial score (nSPS) is 10.6. The van der Waals surface area contributed by atoms with Crippen molar-refractivity contribution in [3.05, 3.63) is 56.4 Å². The lowest BCUT2D eigenvalue weighted by atomic mass is 10.2. The highest BCUT2D eigenvalue weighted by atomic mass is 35.5. The maximum atomic E-state index is 11.8. The highest BCUT2D eigenvalue weighted by molar-refractivity contribution is 6.41. The molecule has 0 amide bonds. The van der Waals surface area contributed by atoms with E-state index in [4.69, 9.17) is 27.9 Å². The number of hydrogen-bond donors (Lipinski definition) is 0. The maximum absolute atomic E-state index is 11.8. The highest BCUT2D eigenvalue weighted by Gasteiger charge is 2.07. The van der Waals surface area contributed by atoms with Gasteiger partial charge in [-0.25, -0.2) is 4.68 Å². The van der Waals surface area contributed by atoms with E-state index < -0.39 is 5.56 Å². The number of halogens is 2. The number of nitrogens with zero attached hydrogens (tertiary/aromatic N) is 2. The molecule has 0 aliphatic carbocycles. The molecule has 2 aromatic rings. The van der Waals surface area contributed by atoms with Crippen molar-refractivity contribution in [2.45, 2.75) is 19.9 Å². The van der Waals surface area contributed by atoms with E-state index in [0.29, 0.717) is 13.2 Å². The van der Waals surface area contributed by atoms with Crippen LogP contribution in [-0.4, -0.2) is 16.4 Å². The summed E-state index contributed by atoms with van der Waals surface area (Å²) in [4.78, 5) is 11.8. The summed E-state index contributed by atoms with van der Waals surface area (Å²) >= 11 is 11.5. The molecule has 1 aromatic carbocycles. The van der Waals surface area contributed by atoms with E-state index in [9.17, 15) is 4.79 Å². The second-order valence-corrected chi connectivity index (χ2v) is 4.97. The minimum absolute atomic E-state index is 0.0188. The zero-order valence-corrected chi connectivity index (χ0v) is 12.5. The van der Waals surface area contributed by atoms with Gasteiger partial charge in [-0.1, -0.05) is 42.3 Å². The Morgan fingerprint density at radius 1 is 1.35 bits per heavy atom. The molecule has 6 heteroatoms. The van der Waals surface area contributed by atoms with E-state index in [2.05, 4.69) is 12.0 Å². The third kappa shape index (κ3) is 3.52. The maximum Gasteiger partial charge on any atom is 0.287 e. The Labute approximate surface area is 126 Å². The summed E-state index contributed by atoms with van der Waals surface area (Å²) in [5.41, 5.74) is 0.789. The highest BCUT2D eigenvalue weighted by Crippen LogP contribution is 2.15. The van der Waals surface area contributed by atoms with Crippen LogP contribution in [0.15, 0.2) is 35.3 Å². The summed E-state index contributed by atoms with van der Waals surface area (Å²) in [6, 6.07) is 7.84. The van der Waals surface area contributed by atoms with Crippen LogP contribution in [0.3, 0.4) is 0 Å². The molecule has 2 rings (SSSR count). The molecule has 0 radical (unpaired) electrons. The van der Waals surface area contributed by atoms with Crippen LogP contribution < -0.4 is 10.3 Å². The summed E-state index contributed by atoms with van der Waals surface area (Å²) in [5, 5.41) is 4.05. The predicted molar refractivity (Wildman–Crippen MR) is 79.8 cm³/mol. The first-order valence-corrected chi connectivity index (χ1v) is 7.00. The summed E-state index contributed by atoms with van der Waals surface area (Å²) in [7, 11) is 0. The SMILES string of the molecule is CCc1cccc(OCCn2ncc(Cl)c(Cl)c2=O)c1. The molecule has 0 saturated carbocycles. The number of rotatable bonds is 5. The van der Waals surface area contributed by atoms with E-state index in [1.54, 1.807) is 0 Å². The van der Waals surface area contributed by atoms with Crippen LogP contribution in [-0.2, 0) is 13.0 Å². The van der Waals surface area contributed by atoms with Gasteiger partial charge in [0, 0.05) is 0 Å². The molecule has 0 saturated heterocycles. The molecule has 0 fully saturated rings. The van der Waals surface area contributed by atoms with Crippen molar-refractivity contribution in [1.82, 2.24) is 9.78 Å². The summed E-state index contributed by atoms with van der Waals surface area (Å²) < 4.78 is 6.84. The van der Waals surface area contributed by atoms with E-state index in [1.165, 1.54) is 16.4 Å². The molecule has 0 aliphatic rings. The number of aromatic nitrogens is 2. The van der Waals surface area contributed by atoms with Crippen molar-refractivity contribution in [3.8, 4) is 5.75 Å². The summed E-state index contributed by atoms with van der Waals surface area (Å²) in [6.07, 6.45) is 2.30. The smallest absolute Gasteiger partial charge is 0.287 e. The molecular formula is C14H14Cl2N2O2. The molecule has 106 valence electrons. The standard InChI is InChI=1S/C14H14Cl2N2O2/c1-2-10-4-3-5-11(8-10)20-7-6-18-14(19)13(16)12(15)9-17-18/h3-5,8-9H,2,6-7H2,1H3. The topological polar surface area (TPSA) is 44.1 Å². The van der Waals surface area contributed by atoms with E-state index in [-0.39, 0.29) is 10.0 Å². The average Bonchev–Trinajstić information content (AvgIpc) is 2.47. The molecule has 0 unspecified atom stereocenters. The average molecular weight is 313 g/mol. The van der Waals surface area contributed by atoms with Crippen LogP contribution in [0.25, 0.3) is 0 Å². The number of ether oxygens (including phenoxy) is 1. The van der Waals surface area contributed by atoms with E-state index >= 15 is 0 Å². The van der Waals surface area contributed by atoms with Crippen molar-refractivity contribution < 1.29 is 4.74 Å². The molecular weight excluding hydrogens is 299 g/mol. The van der Waals surface area contributed by atoms with Crippen molar-refractivity contribution in [2.24, 2.45) is 0 Å². The van der Waals surface area contributed by atoms with Gasteiger partial charge in [-0.2, -0.15) is 5.10 Å². The Morgan fingerprint density at radius 3 is 2.90 bits per heavy atom. The lowest BCUT2D eigenvalue weighted by Crippen LogP contribution is -2.25. The quantitative estimate of drug-likeness (QED) is 0.851. The fourth-order valence-electron chi connectivity index (χ4n) is 1.71. The second kappa shape index (κ2) is 6.77. The second-order valence-electron chi connectivity index (χ2n) is 4.18. The predicted octanol–water partition coefficient (Wildman–Crippen LogP) is 3.19. The Kier molecular flexibility index (Phi) is 5.04. The monoisotopic (exact) mass is 312 g/mol. The van der Waals surface area contributed by atoms with E-state index in [0.717, 1.165) is 12.2 Å². The Morgan fingerprint density at radius 2 is 2.15 bits per heavy atom. The number of benzene rings is 1. The third-order valence-electron chi connectivity index (χ3n) is 2.82. The molecule has 0 spiro atoms. The Balaban J connectivity index is 1.99. The minimum atomic E-state index is -0.412. The summed E-state index contributed by atoms with van der Waals surface area (Å²) in [5.74, 6) is 0.775. The van der Waals surface area contributed by atoms with Gasteiger partial charge >= 0.3 is 0 Å². The van der Waals surface area contributed by atoms with Gasteiger partial charge in [-0.15, -0.1) is 0 Å². The van der Waals surface area contributed by atoms with Crippen molar-refractivity contribution in [1.29, 1.82) is 0 Å². The zero-order valence-electron chi connectivity index (χ0n) is 11.0. The van der Waals surface area contributed by atoms with Crippen LogP contribution in [0.1, 0.15) is 12.5 Å². The molecule has 0 bridgehead atoms. The molecule has 4 nitrogen and oxygen atoms in total. The molecule has 1 heterocycles. The van der Waals surface area contributed by atoms with Crippen LogP contribution >= 0.6 is 23.2 Å². The molecule has 20 heavy (non-hydrogen) atoms. The lowest BCUT2D eigenvalue weighted by Gasteiger charge is -2.09. The fraction of sp³-hybridized carbons (Fsp3) is 0.286. The van der Waals surface area contributed by atoms with Gasteiger partial charge in [0.05, 0.1) is 17.8 Å². The Bertz CT molecular complexity index is 656. The molecule has 0 aliphatic heterocycles. The first-order valence-electron chi connectivity index (χ1n) is 6.24.